The third-order valence-corrected chi connectivity index (χ3v) is 6.83. The van der Waals surface area contributed by atoms with Gasteiger partial charge in [0.15, 0.2) is 0 Å². The Morgan fingerprint density at radius 1 is 1.06 bits per heavy atom. The molecule has 3 aromatic rings. The Morgan fingerprint density at radius 3 is 2.61 bits per heavy atom. The van der Waals surface area contributed by atoms with Crippen LogP contribution >= 0.6 is 23.1 Å². The smallest absolute Gasteiger partial charge is 0.266 e. The van der Waals surface area contributed by atoms with E-state index in [9.17, 15) is 17.2 Å². The summed E-state index contributed by atoms with van der Waals surface area (Å²) >= 11 is 6.88. The second kappa shape index (κ2) is 11.5. The van der Waals surface area contributed by atoms with E-state index in [1.54, 1.807) is 18.2 Å². The monoisotopic (exact) mass is 516 g/mol. The van der Waals surface area contributed by atoms with Crippen molar-refractivity contribution in [2.24, 2.45) is 0 Å². The van der Waals surface area contributed by atoms with E-state index in [1.165, 1.54) is 0 Å². The van der Waals surface area contributed by atoms with Crippen molar-refractivity contribution in [3.63, 3.8) is 0 Å². The minimum absolute atomic E-state index is 0.0507. The van der Waals surface area contributed by atoms with Crippen LogP contribution in [0.5, 0.6) is 0 Å². The SMILES string of the molecule is CCNCCCNc1cc(Cl)ccc1CNc1cc(F)c(S(=O)(=O)Nc2ncns2)cc1F. The van der Waals surface area contributed by atoms with Crippen LogP contribution in [-0.4, -0.2) is 37.4 Å². The van der Waals surface area contributed by atoms with Crippen LogP contribution in [0.3, 0.4) is 0 Å². The second-order valence-electron chi connectivity index (χ2n) is 6.90. The molecule has 33 heavy (non-hydrogen) atoms. The normalized spacial score (nSPS) is 11.4. The summed E-state index contributed by atoms with van der Waals surface area (Å²) in [5.41, 5.74) is 1.39. The van der Waals surface area contributed by atoms with E-state index >= 15 is 0 Å². The maximum atomic E-state index is 14.6. The van der Waals surface area contributed by atoms with Crippen LogP contribution in [0.4, 0.5) is 25.3 Å². The Bertz CT molecular complexity index is 1180. The molecule has 0 radical (unpaired) electrons. The molecule has 8 nitrogen and oxygen atoms in total. The number of benzene rings is 2. The predicted molar refractivity (Wildman–Crippen MR) is 128 cm³/mol. The van der Waals surface area contributed by atoms with Gasteiger partial charge in [0.25, 0.3) is 10.0 Å². The van der Waals surface area contributed by atoms with E-state index in [0.717, 1.165) is 54.7 Å². The lowest BCUT2D eigenvalue weighted by atomic mass is 10.1. The van der Waals surface area contributed by atoms with E-state index in [1.807, 2.05) is 6.92 Å². The van der Waals surface area contributed by atoms with Crippen LogP contribution in [0, 0.1) is 11.6 Å². The number of nitrogens with zero attached hydrogens (tertiary/aromatic N) is 2. The Kier molecular flexibility index (Phi) is 8.78. The maximum absolute atomic E-state index is 14.6. The molecule has 1 aromatic heterocycles. The van der Waals surface area contributed by atoms with E-state index in [2.05, 4.69) is 30.0 Å². The van der Waals surface area contributed by atoms with Gasteiger partial charge in [0, 0.05) is 41.4 Å². The second-order valence-corrected chi connectivity index (χ2v) is 9.77. The molecule has 3 rings (SSSR count). The summed E-state index contributed by atoms with van der Waals surface area (Å²) in [5.74, 6) is -2.02. The Morgan fingerprint density at radius 2 is 1.88 bits per heavy atom. The van der Waals surface area contributed by atoms with Crippen LogP contribution in [0.2, 0.25) is 5.02 Å². The topological polar surface area (TPSA) is 108 Å². The first-order valence-electron chi connectivity index (χ1n) is 10.1. The summed E-state index contributed by atoms with van der Waals surface area (Å²) in [4.78, 5) is 2.86. The van der Waals surface area contributed by atoms with Crippen molar-refractivity contribution in [1.29, 1.82) is 0 Å². The van der Waals surface area contributed by atoms with Crippen LogP contribution in [0.1, 0.15) is 18.9 Å². The van der Waals surface area contributed by atoms with Gasteiger partial charge in [-0.1, -0.05) is 24.6 Å². The molecule has 0 saturated carbocycles. The summed E-state index contributed by atoms with van der Waals surface area (Å²) in [7, 11) is -4.36. The summed E-state index contributed by atoms with van der Waals surface area (Å²) < 4.78 is 59.7. The molecule has 1 heterocycles. The van der Waals surface area contributed by atoms with Crippen molar-refractivity contribution < 1.29 is 17.2 Å². The molecule has 0 aliphatic carbocycles. The molecule has 0 aliphatic heterocycles. The molecule has 4 N–H and O–H groups in total. The number of sulfonamides is 1. The van der Waals surface area contributed by atoms with E-state index in [4.69, 9.17) is 11.6 Å². The molecule has 0 amide bonds. The van der Waals surface area contributed by atoms with Gasteiger partial charge in [-0.3, -0.25) is 4.72 Å². The zero-order chi connectivity index (χ0) is 23.8. The molecular weight excluding hydrogens is 494 g/mol. The first kappa shape index (κ1) is 25.1. The minimum Gasteiger partial charge on any atom is -0.385 e. The first-order valence-corrected chi connectivity index (χ1v) is 12.7. The molecule has 0 fully saturated rings. The van der Waals surface area contributed by atoms with E-state index in [0.29, 0.717) is 17.6 Å². The van der Waals surface area contributed by atoms with Gasteiger partial charge in [-0.05, 0) is 43.3 Å². The van der Waals surface area contributed by atoms with Gasteiger partial charge in [-0.15, -0.1) is 0 Å². The molecule has 0 atom stereocenters. The van der Waals surface area contributed by atoms with Crippen LogP contribution < -0.4 is 20.7 Å². The Hall–Kier alpha value is -2.54. The fraction of sp³-hybridized carbons (Fsp3) is 0.300. The number of nitrogens with one attached hydrogen (secondary N) is 4. The molecule has 178 valence electrons. The molecule has 0 saturated heterocycles. The third kappa shape index (κ3) is 6.97. The summed E-state index contributed by atoms with van der Waals surface area (Å²) in [6, 6.07) is 6.68. The van der Waals surface area contributed by atoms with Gasteiger partial charge in [0.1, 0.15) is 22.9 Å². The molecular formula is C20H23ClF2N6O2S2. The highest BCUT2D eigenvalue weighted by molar-refractivity contribution is 7.93. The Balaban J connectivity index is 1.71. The van der Waals surface area contributed by atoms with Crippen LogP contribution in [0.15, 0.2) is 41.6 Å². The zero-order valence-corrected chi connectivity index (χ0v) is 20.0. The standard InChI is InChI=1S/C20H23ClF2N6O2S2/c1-2-24-6-3-7-25-17-8-14(21)5-4-13(17)11-26-18-9-16(23)19(10-15(18)22)33(30,31)29-20-27-12-28-32-20/h4-5,8-10,12,24-26H,2-3,6-7,11H2,1H3,(H,27,28,29). The van der Waals surface area contributed by atoms with Gasteiger partial charge < -0.3 is 16.0 Å². The molecule has 0 aliphatic rings. The number of anilines is 3. The van der Waals surface area contributed by atoms with Crippen molar-refractivity contribution in [1.82, 2.24) is 14.7 Å². The van der Waals surface area contributed by atoms with Crippen molar-refractivity contribution in [3.8, 4) is 0 Å². The number of aromatic nitrogens is 2. The molecule has 0 spiro atoms. The highest BCUT2D eigenvalue weighted by Gasteiger charge is 2.23. The average Bonchev–Trinajstić information content (AvgIpc) is 3.27. The fourth-order valence-electron chi connectivity index (χ4n) is 2.93. The number of hydrogen-bond acceptors (Lipinski definition) is 8. The predicted octanol–water partition coefficient (Wildman–Crippen LogP) is 4.29. The number of halogens is 3. The van der Waals surface area contributed by atoms with E-state index < -0.39 is 26.6 Å². The van der Waals surface area contributed by atoms with Crippen LogP contribution in [0.25, 0.3) is 0 Å². The number of hydrogen-bond donors (Lipinski definition) is 4. The van der Waals surface area contributed by atoms with Gasteiger partial charge >= 0.3 is 0 Å². The van der Waals surface area contributed by atoms with Gasteiger partial charge in [0.05, 0.1) is 5.69 Å². The van der Waals surface area contributed by atoms with Crippen LogP contribution in [-0.2, 0) is 16.6 Å². The van der Waals surface area contributed by atoms with Crippen molar-refractivity contribution in [2.45, 2.75) is 24.8 Å². The van der Waals surface area contributed by atoms with Crippen molar-refractivity contribution in [3.05, 3.63) is 58.9 Å². The highest BCUT2D eigenvalue weighted by Crippen LogP contribution is 2.27. The minimum atomic E-state index is -4.36. The van der Waals surface area contributed by atoms with Gasteiger partial charge in [-0.2, -0.15) is 4.37 Å². The maximum Gasteiger partial charge on any atom is 0.266 e. The lowest BCUT2D eigenvalue weighted by Crippen LogP contribution is -2.17. The third-order valence-electron chi connectivity index (χ3n) is 4.53. The van der Waals surface area contributed by atoms with Gasteiger partial charge in [-0.25, -0.2) is 22.2 Å². The average molecular weight is 517 g/mol. The molecule has 0 bridgehead atoms. The molecule has 2 aromatic carbocycles. The quantitative estimate of drug-likeness (QED) is 0.266. The molecule has 13 heteroatoms. The summed E-state index contributed by atoms with van der Waals surface area (Å²) in [6.07, 6.45) is 2.04. The highest BCUT2D eigenvalue weighted by atomic mass is 35.5. The fourth-order valence-corrected chi connectivity index (χ4v) is 4.83. The van der Waals surface area contributed by atoms with Gasteiger partial charge in [0.2, 0.25) is 5.13 Å². The Labute approximate surface area is 200 Å². The summed E-state index contributed by atoms with van der Waals surface area (Å²) in [6.45, 7) is 4.67. The largest absolute Gasteiger partial charge is 0.385 e. The molecule has 0 unspecified atom stereocenters. The zero-order valence-electron chi connectivity index (χ0n) is 17.7. The first-order chi connectivity index (χ1) is 15.8. The lowest BCUT2D eigenvalue weighted by Gasteiger charge is -2.15. The number of rotatable bonds is 12. The van der Waals surface area contributed by atoms with Crippen molar-refractivity contribution in [2.75, 3.05) is 35.0 Å². The summed E-state index contributed by atoms with van der Waals surface area (Å²) in [5, 5.41) is 9.84. The van der Waals surface area contributed by atoms with E-state index in [-0.39, 0.29) is 17.4 Å². The van der Waals surface area contributed by atoms with Crippen molar-refractivity contribution >= 4 is 49.7 Å². The lowest BCUT2D eigenvalue weighted by molar-refractivity contribution is 0.557.